The van der Waals surface area contributed by atoms with Gasteiger partial charge < -0.3 is 10.4 Å². The highest BCUT2D eigenvalue weighted by Gasteiger charge is 2.17. The highest BCUT2D eigenvalue weighted by atomic mass is 16.3. The van der Waals surface area contributed by atoms with Crippen LogP contribution in [-0.2, 0) is 0 Å². The molecule has 11 heavy (non-hydrogen) atoms. The maximum absolute atomic E-state index is 9.68. The predicted molar refractivity (Wildman–Crippen MR) is 48.7 cm³/mol. The Bertz CT molecular complexity index is 91.6. The van der Waals surface area contributed by atoms with Crippen LogP contribution in [0.2, 0.25) is 0 Å². The van der Waals surface area contributed by atoms with E-state index >= 15 is 0 Å². The maximum Gasteiger partial charge on any atom is 0.0743 e. The first-order valence-corrected chi connectivity index (χ1v) is 4.55. The molecule has 0 bridgehead atoms. The Hall–Kier alpha value is -0.0800. The van der Waals surface area contributed by atoms with Crippen LogP contribution in [0.25, 0.3) is 0 Å². The van der Waals surface area contributed by atoms with Gasteiger partial charge >= 0.3 is 0 Å². The average Bonchev–Trinajstić information content (AvgIpc) is 1.87. The third-order valence-electron chi connectivity index (χ3n) is 1.72. The highest BCUT2D eigenvalue weighted by Crippen LogP contribution is 2.09. The Morgan fingerprint density at radius 1 is 1.27 bits per heavy atom. The van der Waals surface area contributed by atoms with Gasteiger partial charge in [-0.05, 0) is 26.3 Å². The van der Waals surface area contributed by atoms with E-state index < -0.39 is 5.60 Å². The molecule has 0 rings (SSSR count). The number of hydrogen-bond acceptors (Lipinski definition) is 2. The molecule has 0 aliphatic rings. The zero-order valence-corrected chi connectivity index (χ0v) is 7.98. The van der Waals surface area contributed by atoms with Crippen molar-refractivity contribution < 1.29 is 5.11 Å². The van der Waals surface area contributed by atoms with E-state index in [1.54, 1.807) is 0 Å². The van der Waals surface area contributed by atoms with Gasteiger partial charge in [-0.3, -0.25) is 0 Å². The monoisotopic (exact) mass is 159 g/mol. The summed E-state index contributed by atoms with van der Waals surface area (Å²) in [4.78, 5) is 0. The molecule has 2 nitrogen and oxygen atoms in total. The van der Waals surface area contributed by atoms with Gasteiger partial charge in [0.25, 0.3) is 0 Å². The lowest BCUT2D eigenvalue weighted by Crippen LogP contribution is -2.37. The van der Waals surface area contributed by atoms with Gasteiger partial charge in [-0.2, -0.15) is 0 Å². The van der Waals surface area contributed by atoms with Gasteiger partial charge in [0.1, 0.15) is 0 Å². The molecule has 0 saturated heterocycles. The number of rotatable bonds is 6. The Morgan fingerprint density at radius 3 is 2.36 bits per heavy atom. The molecule has 0 aliphatic heterocycles. The molecule has 68 valence electrons. The van der Waals surface area contributed by atoms with Crippen molar-refractivity contribution in [1.82, 2.24) is 5.32 Å². The lowest BCUT2D eigenvalue weighted by molar-refractivity contribution is 0.0503. The fourth-order valence-corrected chi connectivity index (χ4v) is 1.16. The van der Waals surface area contributed by atoms with Gasteiger partial charge in [0, 0.05) is 6.54 Å². The lowest BCUT2D eigenvalue weighted by Gasteiger charge is -2.22. The second kappa shape index (κ2) is 5.56. The van der Waals surface area contributed by atoms with Crippen LogP contribution in [0.5, 0.6) is 0 Å². The molecule has 0 radical (unpaired) electrons. The van der Waals surface area contributed by atoms with Crippen LogP contribution < -0.4 is 5.32 Å². The third-order valence-corrected chi connectivity index (χ3v) is 1.72. The van der Waals surface area contributed by atoms with Gasteiger partial charge in [0.2, 0.25) is 0 Å². The maximum atomic E-state index is 9.68. The molecule has 0 spiro atoms. The van der Waals surface area contributed by atoms with E-state index in [-0.39, 0.29) is 0 Å². The summed E-state index contributed by atoms with van der Waals surface area (Å²) in [5.41, 5.74) is -0.510. The van der Waals surface area contributed by atoms with E-state index in [0.717, 1.165) is 25.8 Å². The normalized spacial score (nSPS) is 16.4. The standard InChI is InChI=1S/C9H21NO/c1-4-6-9(3,11)8-10-7-5-2/h10-11H,4-8H2,1-3H3. The zero-order valence-electron chi connectivity index (χ0n) is 7.98. The summed E-state index contributed by atoms with van der Waals surface area (Å²) in [6.07, 6.45) is 3.05. The number of aliphatic hydroxyl groups is 1. The fourth-order valence-electron chi connectivity index (χ4n) is 1.16. The summed E-state index contributed by atoms with van der Waals surface area (Å²) in [6, 6.07) is 0. The van der Waals surface area contributed by atoms with Gasteiger partial charge in [-0.1, -0.05) is 20.3 Å². The fraction of sp³-hybridized carbons (Fsp3) is 1.00. The van der Waals surface area contributed by atoms with Gasteiger partial charge in [-0.15, -0.1) is 0 Å². The molecule has 1 atom stereocenters. The zero-order chi connectivity index (χ0) is 8.74. The second-order valence-electron chi connectivity index (χ2n) is 3.42. The molecule has 2 N–H and O–H groups in total. The van der Waals surface area contributed by atoms with Crippen molar-refractivity contribution >= 4 is 0 Å². The van der Waals surface area contributed by atoms with E-state index in [0.29, 0.717) is 6.54 Å². The second-order valence-corrected chi connectivity index (χ2v) is 3.42. The first kappa shape index (κ1) is 10.9. The van der Waals surface area contributed by atoms with E-state index in [4.69, 9.17) is 0 Å². The summed E-state index contributed by atoms with van der Waals surface area (Å²) in [6.45, 7) is 7.82. The summed E-state index contributed by atoms with van der Waals surface area (Å²) in [5.74, 6) is 0. The molecular formula is C9H21NO. The van der Waals surface area contributed by atoms with Crippen LogP contribution in [0.3, 0.4) is 0 Å². The lowest BCUT2D eigenvalue weighted by atomic mass is 10.0. The molecule has 2 heteroatoms. The van der Waals surface area contributed by atoms with E-state index in [1.165, 1.54) is 0 Å². The third kappa shape index (κ3) is 6.32. The molecule has 0 heterocycles. The van der Waals surface area contributed by atoms with Crippen molar-refractivity contribution in [3.05, 3.63) is 0 Å². The first-order valence-electron chi connectivity index (χ1n) is 4.55. The summed E-state index contributed by atoms with van der Waals surface area (Å²) < 4.78 is 0. The van der Waals surface area contributed by atoms with E-state index in [1.807, 2.05) is 6.92 Å². The topological polar surface area (TPSA) is 32.3 Å². The van der Waals surface area contributed by atoms with Crippen molar-refractivity contribution in [1.29, 1.82) is 0 Å². The van der Waals surface area contributed by atoms with E-state index in [2.05, 4.69) is 19.2 Å². The van der Waals surface area contributed by atoms with Crippen LogP contribution in [0.15, 0.2) is 0 Å². The van der Waals surface area contributed by atoms with E-state index in [9.17, 15) is 5.11 Å². The first-order chi connectivity index (χ1) is 5.12. The molecule has 0 aromatic rings. The van der Waals surface area contributed by atoms with Crippen molar-refractivity contribution in [2.24, 2.45) is 0 Å². The summed E-state index contributed by atoms with van der Waals surface area (Å²) in [5, 5.41) is 12.9. The molecule has 0 saturated carbocycles. The summed E-state index contributed by atoms with van der Waals surface area (Å²) in [7, 11) is 0. The SMILES string of the molecule is CCCNCC(C)(O)CCC. The van der Waals surface area contributed by atoms with Crippen molar-refractivity contribution in [2.75, 3.05) is 13.1 Å². The van der Waals surface area contributed by atoms with Crippen LogP contribution in [-0.4, -0.2) is 23.8 Å². The van der Waals surface area contributed by atoms with Gasteiger partial charge in [0.15, 0.2) is 0 Å². The molecule has 1 unspecified atom stereocenters. The molecule has 0 fully saturated rings. The van der Waals surface area contributed by atoms with Crippen LogP contribution in [0, 0.1) is 0 Å². The minimum atomic E-state index is -0.510. The van der Waals surface area contributed by atoms with Crippen molar-refractivity contribution in [2.45, 2.75) is 45.6 Å². The van der Waals surface area contributed by atoms with Gasteiger partial charge in [0.05, 0.1) is 5.60 Å². The minimum Gasteiger partial charge on any atom is -0.389 e. The molecule has 0 aromatic carbocycles. The Kier molecular flexibility index (Phi) is 5.51. The van der Waals surface area contributed by atoms with Crippen LogP contribution >= 0.6 is 0 Å². The van der Waals surface area contributed by atoms with Crippen LogP contribution in [0.4, 0.5) is 0 Å². The highest BCUT2D eigenvalue weighted by molar-refractivity contribution is 4.74. The van der Waals surface area contributed by atoms with Crippen molar-refractivity contribution in [3.8, 4) is 0 Å². The van der Waals surface area contributed by atoms with Crippen LogP contribution in [0.1, 0.15) is 40.0 Å². The quantitative estimate of drug-likeness (QED) is 0.576. The average molecular weight is 159 g/mol. The molecule has 0 aromatic heterocycles. The Labute approximate surface area is 70.0 Å². The smallest absolute Gasteiger partial charge is 0.0743 e. The van der Waals surface area contributed by atoms with Gasteiger partial charge in [-0.25, -0.2) is 0 Å². The molecule has 0 aliphatic carbocycles. The minimum absolute atomic E-state index is 0.510. The van der Waals surface area contributed by atoms with Crippen molar-refractivity contribution in [3.63, 3.8) is 0 Å². The number of hydrogen-bond donors (Lipinski definition) is 2. The number of nitrogens with one attached hydrogen (secondary N) is 1. The molecular weight excluding hydrogens is 138 g/mol. The summed E-state index contributed by atoms with van der Waals surface area (Å²) >= 11 is 0. The largest absolute Gasteiger partial charge is 0.389 e. The molecule has 0 amide bonds. The Balaban J connectivity index is 3.38. The Morgan fingerprint density at radius 2 is 1.91 bits per heavy atom. The predicted octanol–water partition coefficient (Wildman–Crippen LogP) is 1.54.